The lowest BCUT2D eigenvalue weighted by atomic mass is 10.1. The summed E-state index contributed by atoms with van der Waals surface area (Å²) in [4.78, 5) is 4.21. The minimum Gasteiger partial charge on any atom is -0.378 e. The van der Waals surface area contributed by atoms with Crippen molar-refractivity contribution < 1.29 is 13.7 Å². The zero-order valence-electron chi connectivity index (χ0n) is 11.7. The Kier molecular flexibility index (Phi) is 4.57. The molecule has 0 saturated carbocycles. The van der Waals surface area contributed by atoms with Crippen LogP contribution in [0.25, 0.3) is 11.4 Å². The third-order valence-corrected chi connectivity index (χ3v) is 3.54. The van der Waals surface area contributed by atoms with Gasteiger partial charge in [-0.15, -0.1) is 0 Å². The Hall–Kier alpha value is -1.79. The predicted octanol–water partition coefficient (Wildman–Crippen LogP) is 2.19. The molecule has 0 aliphatic carbocycles. The number of hydrogen-bond acceptors (Lipinski definition) is 5. The number of nitrogens with one attached hydrogen (secondary N) is 1. The van der Waals surface area contributed by atoms with Gasteiger partial charge in [0.1, 0.15) is 5.82 Å². The summed E-state index contributed by atoms with van der Waals surface area (Å²) in [5.41, 5.74) is 0.353. The van der Waals surface area contributed by atoms with E-state index in [1.54, 1.807) is 18.2 Å². The van der Waals surface area contributed by atoms with Crippen LogP contribution in [-0.4, -0.2) is 35.9 Å². The zero-order chi connectivity index (χ0) is 14.5. The quantitative estimate of drug-likeness (QED) is 0.915. The van der Waals surface area contributed by atoms with Crippen LogP contribution in [0.5, 0.6) is 0 Å². The molecule has 1 N–H and O–H groups in total. The highest BCUT2D eigenvalue weighted by molar-refractivity contribution is 5.54. The molecule has 6 heteroatoms. The van der Waals surface area contributed by atoms with Crippen LogP contribution in [0.15, 0.2) is 28.8 Å². The van der Waals surface area contributed by atoms with E-state index in [0.717, 1.165) is 25.9 Å². The molecule has 1 aromatic carbocycles. The summed E-state index contributed by atoms with van der Waals surface area (Å²) < 4.78 is 24.6. The van der Waals surface area contributed by atoms with Crippen LogP contribution in [0, 0.1) is 5.82 Å². The molecule has 1 aromatic heterocycles. The van der Waals surface area contributed by atoms with Gasteiger partial charge in [0.05, 0.1) is 24.7 Å². The molecule has 0 bridgehead atoms. The van der Waals surface area contributed by atoms with Gasteiger partial charge in [-0.1, -0.05) is 17.3 Å². The van der Waals surface area contributed by atoms with Crippen LogP contribution in [0.1, 0.15) is 18.7 Å². The third kappa shape index (κ3) is 3.65. The average molecular weight is 291 g/mol. The molecule has 0 amide bonds. The number of rotatable bonds is 5. The molecule has 0 spiro atoms. The van der Waals surface area contributed by atoms with Crippen LogP contribution in [0.3, 0.4) is 0 Å². The number of halogens is 1. The van der Waals surface area contributed by atoms with E-state index in [9.17, 15) is 4.39 Å². The van der Waals surface area contributed by atoms with Gasteiger partial charge >= 0.3 is 0 Å². The maximum absolute atomic E-state index is 13.6. The molecule has 21 heavy (non-hydrogen) atoms. The van der Waals surface area contributed by atoms with Gasteiger partial charge < -0.3 is 14.6 Å². The van der Waals surface area contributed by atoms with Crippen molar-refractivity contribution in [3.63, 3.8) is 0 Å². The van der Waals surface area contributed by atoms with E-state index in [1.807, 2.05) is 0 Å². The van der Waals surface area contributed by atoms with E-state index in [4.69, 9.17) is 9.26 Å². The predicted molar refractivity (Wildman–Crippen MR) is 75.2 cm³/mol. The van der Waals surface area contributed by atoms with Gasteiger partial charge in [0.15, 0.2) is 0 Å². The lowest BCUT2D eigenvalue weighted by molar-refractivity contribution is 0.0322. The second-order valence-corrected chi connectivity index (χ2v) is 5.06. The van der Waals surface area contributed by atoms with E-state index >= 15 is 0 Å². The Morgan fingerprint density at radius 3 is 2.90 bits per heavy atom. The average Bonchev–Trinajstić information content (AvgIpc) is 2.97. The number of benzene rings is 1. The Labute approximate surface area is 122 Å². The summed E-state index contributed by atoms with van der Waals surface area (Å²) >= 11 is 0. The van der Waals surface area contributed by atoms with Gasteiger partial charge in [-0.2, -0.15) is 4.98 Å². The van der Waals surface area contributed by atoms with E-state index in [2.05, 4.69) is 15.5 Å². The molecule has 1 saturated heterocycles. The van der Waals surface area contributed by atoms with Crippen molar-refractivity contribution in [3.05, 3.63) is 36.0 Å². The molecule has 2 aromatic rings. The van der Waals surface area contributed by atoms with Crippen molar-refractivity contribution in [1.82, 2.24) is 15.5 Å². The van der Waals surface area contributed by atoms with Crippen LogP contribution >= 0.6 is 0 Å². The van der Waals surface area contributed by atoms with E-state index < -0.39 is 0 Å². The maximum Gasteiger partial charge on any atom is 0.229 e. The molecule has 0 atom stereocenters. The topological polar surface area (TPSA) is 60.2 Å². The standard InChI is InChI=1S/C15H18FN3O2/c16-13-4-2-1-3-12(13)15-18-14(21-19-15)7-10-20-11-5-8-17-9-6-11/h1-4,11,17H,5-10H2. The number of aromatic nitrogens is 2. The molecule has 1 aliphatic rings. The van der Waals surface area contributed by atoms with Crippen LogP contribution in [-0.2, 0) is 11.2 Å². The number of ether oxygens (including phenoxy) is 1. The largest absolute Gasteiger partial charge is 0.378 e. The Morgan fingerprint density at radius 1 is 1.29 bits per heavy atom. The number of nitrogens with zero attached hydrogens (tertiary/aromatic N) is 2. The van der Waals surface area contributed by atoms with Gasteiger partial charge in [0.2, 0.25) is 11.7 Å². The molecule has 1 fully saturated rings. The summed E-state index contributed by atoms with van der Waals surface area (Å²) in [5.74, 6) is 0.406. The van der Waals surface area contributed by atoms with Gasteiger partial charge in [0, 0.05) is 0 Å². The fourth-order valence-corrected chi connectivity index (χ4v) is 2.38. The Bertz CT molecular complexity index is 582. The second kappa shape index (κ2) is 6.78. The molecule has 0 unspecified atom stereocenters. The molecule has 1 aliphatic heterocycles. The van der Waals surface area contributed by atoms with Crippen LogP contribution < -0.4 is 5.32 Å². The summed E-state index contributed by atoms with van der Waals surface area (Å²) in [6.07, 6.45) is 2.92. The Morgan fingerprint density at radius 2 is 2.10 bits per heavy atom. The lowest BCUT2D eigenvalue weighted by Gasteiger charge is -2.22. The molecule has 0 radical (unpaired) electrons. The van der Waals surface area contributed by atoms with E-state index in [1.165, 1.54) is 6.07 Å². The Balaban J connectivity index is 1.54. The van der Waals surface area contributed by atoms with Crippen molar-refractivity contribution in [2.24, 2.45) is 0 Å². The SMILES string of the molecule is Fc1ccccc1-c1noc(CCOC2CCNCC2)n1. The van der Waals surface area contributed by atoms with E-state index in [0.29, 0.717) is 30.6 Å². The first-order valence-corrected chi connectivity index (χ1v) is 7.23. The van der Waals surface area contributed by atoms with Crippen molar-refractivity contribution in [2.75, 3.05) is 19.7 Å². The van der Waals surface area contributed by atoms with Gasteiger partial charge in [-0.25, -0.2) is 4.39 Å². The maximum atomic E-state index is 13.6. The second-order valence-electron chi connectivity index (χ2n) is 5.06. The van der Waals surface area contributed by atoms with Crippen molar-refractivity contribution >= 4 is 0 Å². The van der Waals surface area contributed by atoms with Crippen molar-refractivity contribution in [3.8, 4) is 11.4 Å². The molecule has 5 nitrogen and oxygen atoms in total. The highest BCUT2D eigenvalue weighted by Gasteiger charge is 2.15. The highest BCUT2D eigenvalue weighted by atomic mass is 19.1. The van der Waals surface area contributed by atoms with Crippen LogP contribution in [0.4, 0.5) is 4.39 Å². The smallest absolute Gasteiger partial charge is 0.229 e. The van der Waals surface area contributed by atoms with Crippen LogP contribution in [0.2, 0.25) is 0 Å². The minimum atomic E-state index is -0.351. The number of piperidine rings is 1. The van der Waals surface area contributed by atoms with Gasteiger partial charge in [-0.05, 0) is 38.1 Å². The highest BCUT2D eigenvalue weighted by Crippen LogP contribution is 2.19. The fourth-order valence-electron chi connectivity index (χ4n) is 2.38. The lowest BCUT2D eigenvalue weighted by Crippen LogP contribution is -2.32. The minimum absolute atomic E-state index is 0.282. The first kappa shape index (κ1) is 14.2. The monoisotopic (exact) mass is 291 g/mol. The fraction of sp³-hybridized carbons (Fsp3) is 0.467. The molecule has 3 rings (SSSR count). The molecule has 2 heterocycles. The summed E-state index contributed by atoms with van der Waals surface area (Å²) in [6.45, 7) is 2.55. The van der Waals surface area contributed by atoms with Crippen molar-refractivity contribution in [1.29, 1.82) is 0 Å². The summed E-state index contributed by atoms with van der Waals surface area (Å²) in [5, 5.41) is 7.11. The molecular weight excluding hydrogens is 273 g/mol. The first-order valence-electron chi connectivity index (χ1n) is 7.23. The van der Waals surface area contributed by atoms with Gasteiger partial charge in [0.25, 0.3) is 0 Å². The summed E-state index contributed by atoms with van der Waals surface area (Å²) in [6, 6.07) is 6.39. The third-order valence-electron chi connectivity index (χ3n) is 3.54. The van der Waals surface area contributed by atoms with Crippen molar-refractivity contribution in [2.45, 2.75) is 25.4 Å². The first-order chi connectivity index (χ1) is 10.3. The molecular formula is C15H18FN3O2. The van der Waals surface area contributed by atoms with Gasteiger partial charge in [-0.3, -0.25) is 0 Å². The normalized spacial score (nSPS) is 16.2. The summed E-state index contributed by atoms with van der Waals surface area (Å²) in [7, 11) is 0. The molecule has 112 valence electrons. The zero-order valence-corrected chi connectivity index (χ0v) is 11.7. The van der Waals surface area contributed by atoms with E-state index in [-0.39, 0.29) is 11.6 Å². The number of hydrogen-bond donors (Lipinski definition) is 1.